The molecule has 1 aliphatic carbocycles. The summed E-state index contributed by atoms with van der Waals surface area (Å²) in [5, 5.41) is 11.1. The van der Waals surface area contributed by atoms with Gasteiger partial charge in [-0.15, -0.1) is 0 Å². The van der Waals surface area contributed by atoms with E-state index in [1.807, 2.05) is 0 Å². The van der Waals surface area contributed by atoms with Crippen molar-refractivity contribution >= 4 is 12.1 Å². The molecule has 14 heavy (non-hydrogen) atoms. The lowest BCUT2D eigenvalue weighted by molar-refractivity contribution is -0.138. The molecular formula is C9H15NO4. The van der Waals surface area contributed by atoms with Gasteiger partial charge in [0.2, 0.25) is 0 Å². The molecule has 0 heterocycles. The average molecular weight is 201 g/mol. The highest BCUT2D eigenvalue weighted by Crippen LogP contribution is 2.30. The SMILES string of the molecule is CC(C)(C)OC(=O)N[C@H]1CC1C(=O)O. The molecule has 1 rings (SSSR count). The van der Waals surface area contributed by atoms with Crippen LogP contribution < -0.4 is 5.32 Å². The van der Waals surface area contributed by atoms with E-state index in [-0.39, 0.29) is 6.04 Å². The smallest absolute Gasteiger partial charge is 0.407 e. The number of alkyl carbamates (subject to hydrolysis) is 1. The van der Waals surface area contributed by atoms with Crippen LogP contribution in [0.5, 0.6) is 0 Å². The van der Waals surface area contributed by atoms with E-state index in [0.717, 1.165) is 0 Å². The Morgan fingerprint density at radius 1 is 1.43 bits per heavy atom. The number of carbonyl (C=O) groups is 2. The highest BCUT2D eigenvalue weighted by molar-refractivity contribution is 5.77. The molecule has 80 valence electrons. The third-order valence-electron chi connectivity index (χ3n) is 1.81. The first-order valence-corrected chi connectivity index (χ1v) is 4.52. The third kappa shape index (κ3) is 3.24. The molecule has 0 aromatic rings. The molecule has 2 N–H and O–H groups in total. The van der Waals surface area contributed by atoms with E-state index in [0.29, 0.717) is 6.42 Å². The van der Waals surface area contributed by atoms with Crippen molar-refractivity contribution in [2.24, 2.45) is 5.92 Å². The summed E-state index contributed by atoms with van der Waals surface area (Å²) in [6.07, 6.45) is -0.0551. The number of aliphatic carboxylic acids is 1. The van der Waals surface area contributed by atoms with Gasteiger partial charge in [-0.05, 0) is 27.2 Å². The monoisotopic (exact) mass is 201 g/mol. The molecule has 5 nitrogen and oxygen atoms in total. The molecule has 0 aromatic heterocycles. The molecule has 0 aliphatic heterocycles. The molecule has 5 heteroatoms. The molecule has 0 radical (unpaired) electrons. The van der Waals surface area contributed by atoms with E-state index >= 15 is 0 Å². The van der Waals surface area contributed by atoms with Crippen molar-refractivity contribution < 1.29 is 19.4 Å². The molecule has 1 fully saturated rings. The molecule has 0 bridgehead atoms. The summed E-state index contributed by atoms with van der Waals surface area (Å²) in [6, 6.07) is -0.262. The van der Waals surface area contributed by atoms with Crippen LogP contribution in [0.3, 0.4) is 0 Å². The molecule has 1 amide bonds. The van der Waals surface area contributed by atoms with Gasteiger partial charge in [-0.3, -0.25) is 4.79 Å². The topological polar surface area (TPSA) is 75.6 Å². The summed E-state index contributed by atoms with van der Waals surface area (Å²) in [6.45, 7) is 5.27. The highest BCUT2D eigenvalue weighted by Gasteiger charge is 2.44. The second kappa shape index (κ2) is 3.48. The highest BCUT2D eigenvalue weighted by atomic mass is 16.6. The van der Waals surface area contributed by atoms with Crippen LogP contribution in [0, 0.1) is 5.92 Å². The Bertz CT molecular complexity index is 256. The van der Waals surface area contributed by atoms with Gasteiger partial charge >= 0.3 is 12.1 Å². The number of carboxylic acids is 1. The zero-order valence-electron chi connectivity index (χ0n) is 8.53. The zero-order valence-corrected chi connectivity index (χ0v) is 8.53. The predicted octanol–water partition coefficient (Wildman–Crippen LogP) is 0.984. The minimum atomic E-state index is -0.869. The number of hydrogen-bond acceptors (Lipinski definition) is 3. The van der Waals surface area contributed by atoms with Crippen LogP contribution in [0.2, 0.25) is 0 Å². The quantitative estimate of drug-likeness (QED) is 0.698. The van der Waals surface area contributed by atoms with E-state index in [9.17, 15) is 9.59 Å². The molecule has 0 aromatic carbocycles. The van der Waals surface area contributed by atoms with Crippen molar-refractivity contribution in [2.75, 3.05) is 0 Å². The largest absolute Gasteiger partial charge is 0.481 e. The Balaban J connectivity index is 2.27. The standard InChI is InChI=1S/C9H15NO4/c1-9(2,3)14-8(13)10-6-4-5(6)7(11)12/h5-6H,4H2,1-3H3,(H,10,13)(H,11,12)/t5?,6-/m0/s1. The van der Waals surface area contributed by atoms with Crippen LogP contribution >= 0.6 is 0 Å². The molecule has 0 spiro atoms. The lowest BCUT2D eigenvalue weighted by atomic mass is 10.2. The van der Waals surface area contributed by atoms with Gasteiger partial charge in [0.15, 0.2) is 0 Å². The summed E-state index contributed by atoms with van der Waals surface area (Å²) in [7, 11) is 0. The summed E-state index contributed by atoms with van der Waals surface area (Å²) < 4.78 is 4.97. The molecule has 0 saturated heterocycles. The van der Waals surface area contributed by atoms with E-state index < -0.39 is 23.6 Å². The predicted molar refractivity (Wildman–Crippen MR) is 48.9 cm³/mol. The first kappa shape index (κ1) is 10.8. The Morgan fingerprint density at radius 2 is 2.00 bits per heavy atom. The van der Waals surface area contributed by atoms with Crippen LogP contribution in [-0.2, 0) is 9.53 Å². The Hall–Kier alpha value is -1.26. The van der Waals surface area contributed by atoms with Gasteiger partial charge in [-0.1, -0.05) is 0 Å². The maximum Gasteiger partial charge on any atom is 0.407 e. The number of amides is 1. The lowest BCUT2D eigenvalue weighted by Gasteiger charge is -2.19. The van der Waals surface area contributed by atoms with Gasteiger partial charge in [0, 0.05) is 6.04 Å². The van der Waals surface area contributed by atoms with Crippen molar-refractivity contribution in [3.63, 3.8) is 0 Å². The molecule has 1 unspecified atom stereocenters. The van der Waals surface area contributed by atoms with Gasteiger partial charge < -0.3 is 15.2 Å². The number of ether oxygens (including phenoxy) is 1. The number of carboxylic acid groups (broad SMARTS) is 1. The van der Waals surface area contributed by atoms with Gasteiger partial charge in [0.05, 0.1) is 5.92 Å². The summed E-state index contributed by atoms with van der Waals surface area (Å²) in [5.41, 5.74) is -0.544. The van der Waals surface area contributed by atoms with Gasteiger partial charge in [-0.25, -0.2) is 4.79 Å². The minimum absolute atomic E-state index is 0.262. The fourth-order valence-electron chi connectivity index (χ4n) is 1.09. The Morgan fingerprint density at radius 3 is 2.36 bits per heavy atom. The maximum absolute atomic E-state index is 11.2. The number of carbonyl (C=O) groups excluding carboxylic acids is 1. The lowest BCUT2D eigenvalue weighted by Crippen LogP contribution is -2.34. The van der Waals surface area contributed by atoms with Crippen LogP contribution in [0.4, 0.5) is 4.79 Å². The second-order valence-corrected chi connectivity index (χ2v) is 4.43. The van der Waals surface area contributed by atoms with E-state index in [1.165, 1.54) is 0 Å². The van der Waals surface area contributed by atoms with Crippen molar-refractivity contribution in [2.45, 2.75) is 38.8 Å². The van der Waals surface area contributed by atoms with Crippen molar-refractivity contribution in [1.29, 1.82) is 0 Å². The maximum atomic E-state index is 11.2. The second-order valence-electron chi connectivity index (χ2n) is 4.43. The fourth-order valence-corrected chi connectivity index (χ4v) is 1.09. The summed E-state index contributed by atoms with van der Waals surface area (Å²) in [5.74, 6) is -1.31. The summed E-state index contributed by atoms with van der Waals surface area (Å²) >= 11 is 0. The molecular weight excluding hydrogens is 186 g/mol. The normalized spacial score (nSPS) is 25.4. The third-order valence-corrected chi connectivity index (χ3v) is 1.81. The molecule has 2 atom stereocenters. The van der Waals surface area contributed by atoms with Crippen LogP contribution in [0.15, 0.2) is 0 Å². The van der Waals surface area contributed by atoms with E-state index in [1.54, 1.807) is 20.8 Å². The van der Waals surface area contributed by atoms with Crippen molar-refractivity contribution in [3.8, 4) is 0 Å². The average Bonchev–Trinajstić information content (AvgIpc) is 2.61. The number of hydrogen-bond donors (Lipinski definition) is 2. The first-order chi connectivity index (χ1) is 6.29. The minimum Gasteiger partial charge on any atom is -0.481 e. The fraction of sp³-hybridized carbons (Fsp3) is 0.778. The van der Waals surface area contributed by atoms with Gasteiger partial charge in [-0.2, -0.15) is 0 Å². The molecule has 1 aliphatic rings. The Labute approximate surface area is 82.4 Å². The van der Waals surface area contributed by atoms with Gasteiger partial charge in [0.25, 0.3) is 0 Å². The van der Waals surface area contributed by atoms with E-state index in [4.69, 9.17) is 9.84 Å². The molecule has 1 saturated carbocycles. The Kier molecular flexibility index (Phi) is 2.69. The first-order valence-electron chi connectivity index (χ1n) is 4.52. The summed E-state index contributed by atoms with van der Waals surface area (Å²) in [4.78, 5) is 21.6. The number of nitrogens with one attached hydrogen (secondary N) is 1. The van der Waals surface area contributed by atoms with Crippen molar-refractivity contribution in [3.05, 3.63) is 0 Å². The van der Waals surface area contributed by atoms with Crippen molar-refractivity contribution in [1.82, 2.24) is 5.32 Å². The van der Waals surface area contributed by atoms with Crippen LogP contribution in [0.25, 0.3) is 0 Å². The van der Waals surface area contributed by atoms with Crippen LogP contribution in [-0.4, -0.2) is 28.8 Å². The number of rotatable bonds is 2. The van der Waals surface area contributed by atoms with Gasteiger partial charge in [0.1, 0.15) is 5.60 Å². The van der Waals surface area contributed by atoms with E-state index in [2.05, 4.69) is 5.32 Å². The van der Waals surface area contributed by atoms with Crippen LogP contribution in [0.1, 0.15) is 27.2 Å². The zero-order chi connectivity index (χ0) is 10.9.